The zero-order chi connectivity index (χ0) is 19.5. The molecule has 0 radical (unpaired) electrons. The number of fused-ring (bicyclic) bond motifs is 1. The SMILES string of the molecule is COc1ccc(-c2cc(=O)n3cc(N4CCCNCC4)ccc3n2)cc1OC. The highest BCUT2D eigenvalue weighted by Gasteiger charge is 2.13. The first kappa shape index (κ1) is 18.3. The Hall–Kier alpha value is -3.06. The molecule has 3 aromatic rings. The Balaban J connectivity index is 1.73. The first-order valence-corrected chi connectivity index (χ1v) is 9.41. The molecular weight excluding hydrogens is 356 g/mol. The second-order valence-electron chi connectivity index (χ2n) is 6.76. The number of hydrogen-bond acceptors (Lipinski definition) is 6. The minimum absolute atomic E-state index is 0.107. The number of methoxy groups -OCH3 is 2. The van der Waals surface area contributed by atoms with Crippen molar-refractivity contribution < 1.29 is 9.47 Å². The number of nitrogens with zero attached hydrogens (tertiary/aromatic N) is 3. The lowest BCUT2D eigenvalue weighted by molar-refractivity contribution is 0.355. The van der Waals surface area contributed by atoms with E-state index in [2.05, 4.69) is 15.2 Å². The summed E-state index contributed by atoms with van der Waals surface area (Å²) in [5.41, 5.74) is 2.97. The van der Waals surface area contributed by atoms with E-state index in [1.807, 2.05) is 36.5 Å². The summed E-state index contributed by atoms with van der Waals surface area (Å²) in [6.45, 7) is 3.88. The minimum atomic E-state index is -0.107. The molecule has 3 heterocycles. The Kier molecular flexibility index (Phi) is 5.16. The van der Waals surface area contributed by atoms with Crippen LogP contribution in [0.4, 0.5) is 5.69 Å². The summed E-state index contributed by atoms with van der Waals surface area (Å²) < 4.78 is 12.3. The van der Waals surface area contributed by atoms with Gasteiger partial charge in [-0.15, -0.1) is 0 Å². The molecule has 1 aliphatic rings. The molecule has 146 valence electrons. The number of benzene rings is 1. The van der Waals surface area contributed by atoms with E-state index in [-0.39, 0.29) is 5.56 Å². The van der Waals surface area contributed by atoms with Crippen LogP contribution in [0.5, 0.6) is 11.5 Å². The highest BCUT2D eigenvalue weighted by Crippen LogP contribution is 2.31. The largest absolute Gasteiger partial charge is 0.493 e. The van der Waals surface area contributed by atoms with Gasteiger partial charge in [0.1, 0.15) is 5.65 Å². The third kappa shape index (κ3) is 3.53. The third-order valence-electron chi connectivity index (χ3n) is 5.03. The number of hydrogen-bond donors (Lipinski definition) is 1. The molecule has 1 fully saturated rings. The zero-order valence-electron chi connectivity index (χ0n) is 16.1. The van der Waals surface area contributed by atoms with E-state index in [4.69, 9.17) is 9.47 Å². The van der Waals surface area contributed by atoms with Gasteiger partial charge in [-0.1, -0.05) is 0 Å². The van der Waals surface area contributed by atoms with Crippen LogP contribution in [0.2, 0.25) is 0 Å². The molecule has 1 saturated heterocycles. The van der Waals surface area contributed by atoms with Crippen molar-refractivity contribution >= 4 is 11.3 Å². The van der Waals surface area contributed by atoms with Gasteiger partial charge < -0.3 is 19.7 Å². The van der Waals surface area contributed by atoms with Crippen LogP contribution >= 0.6 is 0 Å². The molecule has 4 rings (SSSR count). The summed E-state index contributed by atoms with van der Waals surface area (Å²) in [6, 6.07) is 11.0. The topological polar surface area (TPSA) is 68.1 Å². The summed E-state index contributed by atoms with van der Waals surface area (Å²) >= 11 is 0. The van der Waals surface area contributed by atoms with Gasteiger partial charge in [0.2, 0.25) is 0 Å². The van der Waals surface area contributed by atoms with Gasteiger partial charge in [0, 0.05) is 37.5 Å². The van der Waals surface area contributed by atoms with E-state index in [0.717, 1.165) is 43.9 Å². The summed E-state index contributed by atoms with van der Waals surface area (Å²) in [7, 11) is 3.18. The van der Waals surface area contributed by atoms with E-state index in [0.29, 0.717) is 22.8 Å². The Morgan fingerprint density at radius 1 is 1.00 bits per heavy atom. The van der Waals surface area contributed by atoms with E-state index < -0.39 is 0 Å². The van der Waals surface area contributed by atoms with Gasteiger partial charge in [0.15, 0.2) is 11.5 Å². The van der Waals surface area contributed by atoms with Gasteiger partial charge in [0.25, 0.3) is 5.56 Å². The molecule has 0 atom stereocenters. The van der Waals surface area contributed by atoms with Crippen LogP contribution in [0.25, 0.3) is 16.9 Å². The fraction of sp³-hybridized carbons (Fsp3) is 0.333. The maximum absolute atomic E-state index is 12.8. The van der Waals surface area contributed by atoms with Crippen molar-refractivity contribution in [1.29, 1.82) is 0 Å². The van der Waals surface area contributed by atoms with Crippen LogP contribution in [0.3, 0.4) is 0 Å². The number of nitrogens with one attached hydrogen (secondary N) is 1. The Morgan fingerprint density at radius 2 is 1.86 bits per heavy atom. The molecule has 1 N–H and O–H groups in total. The lowest BCUT2D eigenvalue weighted by atomic mass is 10.1. The van der Waals surface area contributed by atoms with Crippen molar-refractivity contribution in [2.75, 3.05) is 45.3 Å². The summed E-state index contributed by atoms with van der Waals surface area (Å²) in [5, 5.41) is 3.40. The molecule has 2 aromatic heterocycles. The van der Waals surface area contributed by atoms with Crippen molar-refractivity contribution in [2.45, 2.75) is 6.42 Å². The highest BCUT2D eigenvalue weighted by atomic mass is 16.5. The van der Waals surface area contributed by atoms with E-state index in [9.17, 15) is 4.79 Å². The van der Waals surface area contributed by atoms with Gasteiger partial charge in [0.05, 0.1) is 25.6 Å². The number of anilines is 1. The molecule has 0 spiro atoms. The molecule has 1 aromatic carbocycles. The van der Waals surface area contributed by atoms with Crippen LogP contribution in [0.15, 0.2) is 47.4 Å². The van der Waals surface area contributed by atoms with Crippen molar-refractivity contribution in [3.8, 4) is 22.8 Å². The van der Waals surface area contributed by atoms with Crippen LogP contribution in [-0.4, -0.2) is 49.8 Å². The van der Waals surface area contributed by atoms with Crippen molar-refractivity contribution in [2.24, 2.45) is 0 Å². The van der Waals surface area contributed by atoms with Crippen molar-refractivity contribution in [1.82, 2.24) is 14.7 Å². The van der Waals surface area contributed by atoms with Crippen LogP contribution in [0.1, 0.15) is 6.42 Å². The number of aromatic nitrogens is 2. The highest BCUT2D eigenvalue weighted by molar-refractivity contribution is 5.66. The smallest absolute Gasteiger partial charge is 0.258 e. The predicted octanol–water partition coefficient (Wildman–Crippen LogP) is 2.18. The van der Waals surface area contributed by atoms with E-state index in [1.165, 1.54) is 0 Å². The number of ether oxygens (including phenoxy) is 2. The Morgan fingerprint density at radius 3 is 2.68 bits per heavy atom. The second kappa shape index (κ2) is 7.90. The number of rotatable bonds is 4. The monoisotopic (exact) mass is 380 g/mol. The summed E-state index contributed by atoms with van der Waals surface area (Å²) in [6.07, 6.45) is 2.97. The Labute approximate surface area is 163 Å². The molecular formula is C21H24N4O3. The van der Waals surface area contributed by atoms with E-state index >= 15 is 0 Å². The normalized spacial score (nSPS) is 14.7. The zero-order valence-corrected chi connectivity index (χ0v) is 16.1. The van der Waals surface area contributed by atoms with Crippen LogP contribution in [0, 0.1) is 0 Å². The van der Waals surface area contributed by atoms with Gasteiger partial charge >= 0.3 is 0 Å². The minimum Gasteiger partial charge on any atom is -0.493 e. The van der Waals surface area contributed by atoms with Gasteiger partial charge in [-0.2, -0.15) is 0 Å². The second-order valence-corrected chi connectivity index (χ2v) is 6.76. The van der Waals surface area contributed by atoms with Crippen molar-refractivity contribution in [3.05, 3.63) is 52.9 Å². The standard InChI is InChI=1S/C21H24N4O3/c1-27-18-6-4-15(12-19(18)28-2)17-13-21(26)25-14-16(5-7-20(25)23-17)24-10-3-8-22-9-11-24/h4-7,12-14,22H,3,8-11H2,1-2H3. The van der Waals surface area contributed by atoms with Crippen LogP contribution < -0.4 is 25.2 Å². The van der Waals surface area contributed by atoms with Crippen molar-refractivity contribution in [3.63, 3.8) is 0 Å². The lowest BCUT2D eigenvalue weighted by Crippen LogP contribution is -2.28. The van der Waals surface area contributed by atoms with Gasteiger partial charge in [-0.25, -0.2) is 4.98 Å². The fourth-order valence-corrected chi connectivity index (χ4v) is 3.53. The molecule has 7 nitrogen and oxygen atoms in total. The lowest BCUT2D eigenvalue weighted by Gasteiger charge is -2.22. The Bertz CT molecular complexity index is 1040. The molecule has 0 saturated carbocycles. The summed E-state index contributed by atoms with van der Waals surface area (Å²) in [5.74, 6) is 1.24. The molecule has 0 aliphatic carbocycles. The molecule has 28 heavy (non-hydrogen) atoms. The molecule has 1 aliphatic heterocycles. The number of pyridine rings is 1. The van der Waals surface area contributed by atoms with Gasteiger partial charge in [-0.3, -0.25) is 9.20 Å². The predicted molar refractivity (Wildman–Crippen MR) is 110 cm³/mol. The molecule has 0 unspecified atom stereocenters. The molecule has 7 heteroatoms. The average Bonchev–Trinajstić information content (AvgIpc) is 3.02. The maximum atomic E-state index is 12.8. The first-order chi connectivity index (χ1) is 13.7. The maximum Gasteiger partial charge on any atom is 0.258 e. The molecule has 0 amide bonds. The molecule has 0 bridgehead atoms. The first-order valence-electron chi connectivity index (χ1n) is 9.41. The average molecular weight is 380 g/mol. The quantitative estimate of drug-likeness (QED) is 0.748. The fourth-order valence-electron chi connectivity index (χ4n) is 3.53. The van der Waals surface area contributed by atoms with Gasteiger partial charge in [-0.05, 0) is 43.3 Å². The van der Waals surface area contributed by atoms with E-state index in [1.54, 1.807) is 24.7 Å². The van der Waals surface area contributed by atoms with Crippen LogP contribution in [-0.2, 0) is 0 Å². The summed E-state index contributed by atoms with van der Waals surface area (Å²) in [4.78, 5) is 19.8. The third-order valence-corrected chi connectivity index (χ3v) is 5.03.